The van der Waals surface area contributed by atoms with Gasteiger partial charge in [-0.15, -0.1) is 0 Å². The second-order valence-electron chi connectivity index (χ2n) is 5.94. The number of hydrogen-bond donors (Lipinski definition) is 1. The molecule has 2 rings (SSSR count). The Kier molecular flexibility index (Phi) is 3.25. The fourth-order valence-corrected chi connectivity index (χ4v) is 2.64. The number of aromatic nitrogens is 2. The van der Waals surface area contributed by atoms with E-state index in [9.17, 15) is 0 Å². The van der Waals surface area contributed by atoms with Crippen LogP contribution >= 0.6 is 0 Å². The van der Waals surface area contributed by atoms with Crippen LogP contribution in [0.3, 0.4) is 0 Å². The maximum absolute atomic E-state index is 6.54. The highest BCUT2D eigenvalue weighted by Crippen LogP contribution is 2.40. The summed E-state index contributed by atoms with van der Waals surface area (Å²) in [6.45, 7) is 8.54. The van der Waals surface area contributed by atoms with Crippen LogP contribution in [0.25, 0.3) is 0 Å². The first kappa shape index (κ1) is 12.6. The lowest BCUT2D eigenvalue weighted by atomic mass is 9.70. The van der Waals surface area contributed by atoms with Gasteiger partial charge in [0.1, 0.15) is 0 Å². The van der Waals surface area contributed by atoms with E-state index in [1.807, 2.05) is 13.8 Å². The highest BCUT2D eigenvalue weighted by atomic mass is 16.5. The maximum atomic E-state index is 6.54. The molecule has 2 N–H and O–H groups in total. The zero-order chi connectivity index (χ0) is 12.6. The van der Waals surface area contributed by atoms with Crippen LogP contribution in [0.2, 0.25) is 0 Å². The third-order valence-corrected chi connectivity index (χ3v) is 4.01. The summed E-state index contributed by atoms with van der Waals surface area (Å²) in [4.78, 5) is 4.49. The average molecular weight is 237 g/mol. The average Bonchev–Trinajstić information content (AvgIpc) is 2.73. The van der Waals surface area contributed by atoms with Crippen molar-refractivity contribution in [2.75, 3.05) is 0 Å². The second kappa shape index (κ2) is 4.41. The fraction of sp³-hybridized carbons (Fsp3) is 0.846. The molecule has 0 radical (unpaired) electrons. The monoisotopic (exact) mass is 237 g/mol. The molecule has 3 unspecified atom stereocenters. The number of rotatable bonds is 2. The number of hydrogen-bond acceptors (Lipinski definition) is 4. The summed E-state index contributed by atoms with van der Waals surface area (Å²) in [7, 11) is 0. The molecule has 1 aromatic rings. The van der Waals surface area contributed by atoms with Crippen LogP contribution in [0.4, 0.5) is 0 Å². The number of nitrogens with zero attached hydrogens (tertiary/aromatic N) is 2. The zero-order valence-electron chi connectivity index (χ0n) is 11.2. The van der Waals surface area contributed by atoms with Gasteiger partial charge in [-0.3, -0.25) is 0 Å². The van der Waals surface area contributed by atoms with Crippen molar-refractivity contribution in [1.82, 2.24) is 10.1 Å². The summed E-state index contributed by atoms with van der Waals surface area (Å²) in [5.74, 6) is 2.69. The minimum Gasteiger partial charge on any atom is -0.339 e. The minimum absolute atomic E-state index is 0.260. The van der Waals surface area contributed by atoms with E-state index in [0.29, 0.717) is 23.6 Å². The molecule has 1 aromatic heterocycles. The maximum Gasteiger partial charge on any atom is 0.229 e. The largest absolute Gasteiger partial charge is 0.339 e. The van der Waals surface area contributed by atoms with Crippen LogP contribution < -0.4 is 5.73 Å². The molecule has 0 spiro atoms. The van der Waals surface area contributed by atoms with Gasteiger partial charge in [-0.2, -0.15) is 4.98 Å². The van der Waals surface area contributed by atoms with Crippen molar-refractivity contribution in [2.24, 2.45) is 17.6 Å². The van der Waals surface area contributed by atoms with Gasteiger partial charge in [0.25, 0.3) is 0 Å². The van der Waals surface area contributed by atoms with E-state index in [1.54, 1.807) is 0 Å². The van der Waals surface area contributed by atoms with Gasteiger partial charge in [-0.1, -0.05) is 39.3 Å². The molecule has 1 heterocycles. The van der Waals surface area contributed by atoms with Crippen LogP contribution in [0.15, 0.2) is 4.52 Å². The molecule has 3 atom stereocenters. The highest BCUT2D eigenvalue weighted by molar-refractivity contribution is 5.09. The Morgan fingerprint density at radius 2 is 2.06 bits per heavy atom. The Hall–Kier alpha value is -0.900. The molecule has 1 saturated carbocycles. The lowest BCUT2D eigenvalue weighted by molar-refractivity contribution is 0.149. The summed E-state index contributed by atoms with van der Waals surface area (Å²) in [5.41, 5.74) is 6.13. The van der Waals surface area contributed by atoms with Crippen molar-refractivity contribution < 1.29 is 4.52 Å². The van der Waals surface area contributed by atoms with Crippen LogP contribution in [0, 0.1) is 11.8 Å². The Morgan fingerprint density at radius 1 is 1.35 bits per heavy atom. The molecule has 0 bridgehead atoms. The van der Waals surface area contributed by atoms with E-state index in [-0.39, 0.29) is 5.92 Å². The molecular formula is C13H23N3O. The standard InChI is InChI=1S/C13H23N3O/c1-8(2)11-15-12(16-17-11)13(14)7-9(3)5-6-10(13)4/h8-10H,5-7,14H2,1-4H3. The Morgan fingerprint density at radius 3 is 2.65 bits per heavy atom. The van der Waals surface area contributed by atoms with Crippen molar-refractivity contribution in [3.8, 4) is 0 Å². The quantitative estimate of drug-likeness (QED) is 0.859. The second-order valence-corrected chi connectivity index (χ2v) is 5.94. The molecule has 0 aliphatic heterocycles. The fourth-order valence-electron chi connectivity index (χ4n) is 2.64. The first-order valence-electron chi connectivity index (χ1n) is 6.56. The van der Waals surface area contributed by atoms with Gasteiger partial charge in [0.05, 0.1) is 5.54 Å². The minimum atomic E-state index is -0.408. The molecule has 96 valence electrons. The molecule has 17 heavy (non-hydrogen) atoms. The number of nitrogens with two attached hydrogens (primary N) is 1. The first-order valence-corrected chi connectivity index (χ1v) is 6.56. The summed E-state index contributed by atoms with van der Waals surface area (Å²) < 4.78 is 5.29. The zero-order valence-corrected chi connectivity index (χ0v) is 11.2. The Labute approximate surface area is 103 Å². The van der Waals surface area contributed by atoms with Gasteiger partial charge in [0.15, 0.2) is 5.82 Å². The molecule has 4 heteroatoms. The van der Waals surface area contributed by atoms with Gasteiger partial charge in [-0.05, 0) is 24.7 Å². The van der Waals surface area contributed by atoms with Gasteiger partial charge < -0.3 is 10.3 Å². The molecule has 4 nitrogen and oxygen atoms in total. The van der Waals surface area contributed by atoms with Crippen LogP contribution in [0.5, 0.6) is 0 Å². The molecule has 0 amide bonds. The smallest absolute Gasteiger partial charge is 0.229 e. The lowest BCUT2D eigenvalue weighted by Gasteiger charge is -2.39. The van der Waals surface area contributed by atoms with Gasteiger partial charge >= 0.3 is 0 Å². The van der Waals surface area contributed by atoms with E-state index in [2.05, 4.69) is 24.0 Å². The van der Waals surface area contributed by atoms with Crippen molar-refractivity contribution in [1.29, 1.82) is 0 Å². The molecule has 1 aliphatic carbocycles. The van der Waals surface area contributed by atoms with Crippen LogP contribution in [0.1, 0.15) is 64.6 Å². The van der Waals surface area contributed by atoms with Gasteiger partial charge in [0.2, 0.25) is 5.89 Å². The molecule has 0 aromatic carbocycles. The van der Waals surface area contributed by atoms with Gasteiger partial charge in [-0.25, -0.2) is 0 Å². The summed E-state index contributed by atoms with van der Waals surface area (Å²) in [6, 6.07) is 0. The Bertz CT molecular complexity index is 388. The predicted molar refractivity (Wildman–Crippen MR) is 66.4 cm³/mol. The van der Waals surface area contributed by atoms with Crippen molar-refractivity contribution >= 4 is 0 Å². The normalized spacial score (nSPS) is 34.2. The van der Waals surface area contributed by atoms with Crippen molar-refractivity contribution in [3.05, 3.63) is 11.7 Å². The van der Waals surface area contributed by atoms with Crippen LogP contribution in [-0.2, 0) is 5.54 Å². The topological polar surface area (TPSA) is 64.9 Å². The van der Waals surface area contributed by atoms with Crippen LogP contribution in [-0.4, -0.2) is 10.1 Å². The molecular weight excluding hydrogens is 214 g/mol. The molecule has 0 saturated heterocycles. The lowest BCUT2D eigenvalue weighted by Crippen LogP contribution is -2.48. The van der Waals surface area contributed by atoms with E-state index >= 15 is 0 Å². The van der Waals surface area contributed by atoms with Crippen molar-refractivity contribution in [3.63, 3.8) is 0 Å². The van der Waals surface area contributed by atoms with E-state index in [1.165, 1.54) is 6.42 Å². The molecule has 1 aliphatic rings. The Balaban J connectivity index is 2.28. The summed E-state index contributed by atoms with van der Waals surface area (Å²) >= 11 is 0. The van der Waals surface area contributed by atoms with E-state index < -0.39 is 5.54 Å². The summed E-state index contributed by atoms with van der Waals surface area (Å²) in [6.07, 6.45) is 3.34. The first-order chi connectivity index (χ1) is 7.93. The van der Waals surface area contributed by atoms with E-state index in [0.717, 1.165) is 12.8 Å². The SMILES string of the molecule is CC1CCC(C)C(N)(c2noc(C(C)C)n2)C1. The van der Waals surface area contributed by atoms with Crippen molar-refractivity contribution in [2.45, 2.75) is 58.4 Å². The summed E-state index contributed by atoms with van der Waals surface area (Å²) in [5, 5.41) is 4.11. The third kappa shape index (κ3) is 2.23. The van der Waals surface area contributed by atoms with Gasteiger partial charge in [0, 0.05) is 5.92 Å². The van der Waals surface area contributed by atoms with E-state index in [4.69, 9.17) is 10.3 Å². The predicted octanol–water partition coefficient (Wildman–Crippen LogP) is 2.80. The molecule has 1 fully saturated rings. The third-order valence-electron chi connectivity index (χ3n) is 4.01. The highest BCUT2D eigenvalue weighted by Gasteiger charge is 2.42.